The van der Waals surface area contributed by atoms with Gasteiger partial charge in [-0.25, -0.2) is 4.18 Å². The smallest absolute Gasteiger partial charge is 0.281 e. The standard InChI is InChI=1S/CH2O5PS/c2-7-5-1-6-8(7,3)4/h1,7H. The fraction of sp³-hybridized carbons (Fsp3) is 0. The van der Waals surface area contributed by atoms with Crippen LogP contribution in [0.15, 0.2) is 0 Å². The van der Waals surface area contributed by atoms with Crippen molar-refractivity contribution in [3.8, 4) is 0 Å². The molecular weight excluding hydrogens is 155 g/mol. The van der Waals surface area contributed by atoms with Crippen LogP contribution in [0.1, 0.15) is 0 Å². The summed E-state index contributed by atoms with van der Waals surface area (Å²) in [5.41, 5.74) is 0. The topological polar surface area (TPSA) is 69.7 Å². The molecule has 1 unspecified atom stereocenters. The Labute approximate surface area is 46.3 Å². The third-order valence-corrected chi connectivity index (χ3v) is 3.35. The van der Waals surface area contributed by atoms with Crippen molar-refractivity contribution in [2.45, 2.75) is 0 Å². The van der Waals surface area contributed by atoms with E-state index in [1.807, 2.05) is 0 Å². The first-order valence-electron chi connectivity index (χ1n) is 1.58. The van der Waals surface area contributed by atoms with E-state index in [1.165, 1.54) is 0 Å². The summed E-state index contributed by atoms with van der Waals surface area (Å²) < 4.78 is 38.1. The molecule has 0 bridgehead atoms. The molecule has 1 saturated heterocycles. The lowest BCUT2D eigenvalue weighted by molar-refractivity contribution is 0.259. The normalized spacial score (nSPS) is 35.2. The largest absolute Gasteiger partial charge is 0.344 e. The Morgan fingerprint density at radius 1 is 1.50 bits per heavy atom. The zero-order chi connectivity index (χ0) is 6.20. The van der Waals surface area contributed by atoms with E-state index in [9.17, 15) is 13.0 Å². The molecule has 5 nitrogen and oxygen atoms in total. The maximum absolute atomic E-state index is 10.1. The van der Waals surface area contributed by atoms with Crippen LogP contribution in [0.5, 0.6) is 0 Å². The van der Waals surface area contributed by atoms with Gasteiger partial charge in [0.15, 0.2) is 0 Å². The second kappa shape index (κ2) is 1.80. The summed E-state index contributed by atoms with van der Waals surface area (Å²) in [5.74, 6) is 0. The van der Waals surface area contributed by atoms with Crippen LogP contribution in [0, 0.1) is 6.79 Å². The molecule has 0 aliphatic carbocycles. The first-order valence-corrected chi connectivity index (χ1v) is 5.03. The van der Waals surface area contributed by atoms with Crippen molar-refractivity contribution in [2.75, 3.05) is 0 Å². The van der Waals surface area contributed by atoms with Gasteiger partial charge in [0, 0.05) is 0 Å². The van der Waals surface area contributed by atoms with Gasteiger partial charge in [-0.2, -0.15) is 8.42 Å². The summed E-state index contributed by atoms with van der Waals surface area (Å²) >= 11 is 0. The molecule has 1 aliphatic rings. The molecule has 47 valence electrons. The Morgan fingerprint density at radius 2 is 2.12 bits per heavy atom. The number of rotatable bonds is 0. The highest BCUT2D eigenvalue weighted by Gasteiger charge is 2.29. The van der Waals surface area contributed by atoms with Gasteiger partial charge in [-0.05, 0) is 0 Å². The molecule has 0 spiro atoms. The summed E-state index contributed by atoms with van der Waals surface area (Å²) in [5, 5.41) is 0. The van der Waals surface area contributed by atoms with Crippen LogP contribution in [-0.2, 0) is 23.0 Å². The van der Waals surface area contributed by atoms with Crippen LogP contribution in [0.25, 0.3) is 0 Å². The minimum Gasteiger partial charge on any atom is -0.281 e. The summed E-state index contributed by atoms with van der Waals surface area (Å²) in [4.78, 5) is 0. The lowest BCUT2D eigenvalue weighted by atomic mass is 11.6. The van der Waals surface area contributed by atoms with Gasteiger partial charge in [-0.1, -0.05) is 0 Å². The SMILES string of the molecule is O=[PH]1O[CH]OS1(=O)=O. The van der Waals surface area contributed by atoms with Gasteiger partial charge in [0.1, 0.15) is 0 Å². The summed E-state index contributed by atoms with van der Waals surface area (Å²) in [6.45, 7) is 0.552. The van der Waals surface area contributed by atoms with E-state index in [-0.39, 0.29) is 0 Å². The van der Waals surface area contributed by atoms with Crippen molar-refractivity contribution in [1.82, 2.24) is 0 Å². The molecule has 0 aromatic heterocycles. The second-order valence-corrected chi connectivity index (χ2v) is 5.35. The molecule has 0 aromatic rings. The lowest BCUT2D eigenvalue weighted by Crippen LogP contribution is -1.86. The van der Waals surface area contributed by atoms with Gasteiger partial charge in [-0.15, -0.1) is 0 Å². The molecule has 1 atom stereocenters. The Kier molecular flexibility index (Phi) is 1.40. The monoisotopic (exact) mass is 157 g/mol. The van der Waals surface area contributed by atoms with Gasteiger partial charge in [0.25, 0.3) is 0 Å². The molecule has 1 aliphatic heterocycles. The van der Waals surface area contributed by atoms with Crippen LogP contribution >= 0.6 is 7.23 Å². The predicted molar refractivity (Wildman–Crippen MR) is 24.4 cm³/mol. The molecule has 0 saturated carbocycles. The highest BCUT2D eigenvalue weighted by molar-refractivity contribution is 8.42. The molecular formula is CH2O5PS. The van der Waals surface area contributed by atoms with Gasteiger partial charge in [0.05, 0.1) is 0 Å². The molecule has 0 N–H and O–H groups in total. The van der Waals surface area contributed by atoms with Crippen molar-refractivity contribution < 1.29 is 21.7 Å². The molecule has 1 fully saturated rings. The van der Waals surface area contributed by atoms with E-state index < -0.39 is 17.0 Å². The van der Waals surface area contributed by atoms with E-state index in [0.29, 0.717) is 6.79 Å². The third-order valence-electron chi connectivity index (χ3n) is 0.514. The number of hydrogen-bond donors (Lipinski definition) is 0. The highest BCUT2D eigenvalue weighted by Crippen LogP contribution is 2.40. The highest BCUT2D eigenvalue weighted by atomic mass is 32.8. The first-order chi connectivity index (χ1) is 3.63. The van der Waals surface area contributed by atoms with E-state index in [0.717, 1.165) is 0 Å². The zero-order valence-electron chi connectivity index (χ0n) is 3.53. The van der Waals surface area contributed by atoms with E-state index in [4.69, 9.17) is 0 Å². The van der Waals surface area contributed by atoms with Gasteiger partial charge in [-0.3, -0.25) is 9.09 Å². The molecule has 7 heteroatoms. The van der Waals surface area contributed by atoms with Crippen LogP contribution in [0.3, 0.4) is 0 Å². The van der Waals surface area contributed by atoms with Crippen molar-refractivity contribution in [1.29, 1.82) is 0 Å². The third kappa shape index (κ3) is 0.925. The van der Waals surface area contributed by atoms with Crippen molar-refractivity contribution >= 4 is 17.0 Å². The zero-order valence-corrected chi connectivity index (χ0v) is 5.34. The van der Waals surface area contributed by atoms with Crippen LogP contribution in [0.2, 0.25) is 0 Å². The maximum Gasteiger partial charge on any atom is 0.344 e. The molecule has 0 amide bonds. The lowest BCUT2D eigenvalue weighted by Gasteiger charge is -1.80. The fourth-order valence-electron chi connectivity index (χ4n) is 0.209. The molecule has 1 rings (SSSR count). The van der Waals surface area contributed by atoms with Crippen LogP contribution in [0.4, 0.5) is 0 Å². The molecule has 1 radical (unpaired) electrons. The van der Waals surface area contributed by atoms with Gasteiger partial charge < -0.3 is 0 Å². The second-order valence-electron chi connectivity index (χ2n) is 1.01. The van der Waals surface area contributed by atoms with Crippen molar-refractivity contribution in [2.24, 2.45) is 0 Å². The van der Waals surface area contributed by atoms with Crippen molar-refractivity contribution in [3.63, 3.8) is 0 Å². The summed E-state index contributed by atoms with van der Waals surface area (Å²) in [6.07, 6.45) is 0. The van der Waals surface area contributed by atoms with Gasteiger partial charge >= 0.3 is 17.0 Å². The summed E-state index contributed by atoms with van der Waals surface area (Å²) in [7, 11) is -6.85. The predicted octanol–water partition coefficient (Wildman–Crippen LogP) is -0.128. The van der Waals surface area contributed by atoms with Gasteiger partial charge in [0.2, 0.25) is 6.79 Å². The first kappa shape index (κ1) is 6.22. The number of hydrogen-bond acceptors (Lipinski definition) is 5. The average Bonchev–Trinajstić information content (AvgIpc) is 1.86. The Morgan fingerprint density at radius 3 is 2.25 bits per heavy atom. The van der Waals surface area contributed by atoms with Crippen molar-refractivity contribution in [3.05, 3.63) is 6.79 Å². The minimum atomic E-state index is -3.86. The quantitative estimate of drug-likeness (QED) is 0.458. The average molecular weight is 157 g/mol. The fourth-order valence-corrected chi connectivity index (χ4v) is 1.57. The van der Waals surface area contributed by atoms with Crippen LogP contribution in [-0.4, -0.2) is 8.42 Å². The van der Waals surface area contributed by atoms with Crippen LogP contribution < -0.4 is 0 Å². The molecule has 1 heterocycles. The Hall–Kier alpha value is 0.1000. The maximum atomic E-state index is 10.1. The Balaban J connectivity index is 3.02. The molecule has 0 aromatic carbocycles. The summed E-state index contributed by atoms with van der Waals surface area (Å²) in [6, 6.07) is 0. The van der Waals surface area contributed by atoms with E-state index in [2.05, 4.69) is 8.71 Å². The van der Waals surface area contributed by atoms with E-state index in [1.54, 1.807) is 0 Å². The Bertz CT molecular complexity index is 202. The molecule has 8 heavy (non-hydrogen) atoms. The minimum absolute atomic E-state index is 0.552. The van der Waals surface area contributed by atoms with E-state index >= 15 is 0 Å².